The number of nitrogens with zero attached hydrogens (tertiary/aromatic N) is 3. The average Bonchev–Trinajstić information content (AvgIpc) is 2.53. The lowest BCUT2D eigenvalue weighted by atomic mass is 10.4. The Bertz CT molecular complexity index is 319. The van der Waals surface area contributed by atoms with E-state index in [2.05, 4.69) is 4.98 Å². The summed E-state index contributed by atoms with van der Waals surface area (Å²) in [6.07, 6.45) is 5.66. The molecule has 0 saturated carbocycles. The lowest BCUT2D eigenvalue weighted by Gasteiger charge is -1.93. The van der Waals surface area contributed by atoms with E-state index in [0.717, 1.165) is 4.68 Å². The maximum absolute atomic E-state index is 10.4. The molecule has 7 heteroatoms. The zero-order valence-electron chi connectivity index (χ0n) is 6.62. The quantitative estimate of drug-likeness (QED) is 0.505. The lowest BCUT2D eigenvalue weighted by Crippen LogP contribution is -2.11. The van der Waals surface area contributed by atoms with Crippen molar-refractivity contribution in [2.24, 2.45) is 0 Å². The molecule has 0 aliphatic carbocycles. The van der Waals surface area contributed by atoms with E-state index in [1.165, 1.54) is 24.7 Å². The zero-order chi connectivity index (χ0) is 9.68. The molecular weight excluding hydrogens is 176 g/mol. The van der Waals surface area contributed by atoms with Crippen LogP contribution in [0.3, 0.4) is 0 Å². The van der Waals surface area contributed by atoms with Crippen molar-refractivity contribution in [2.45, 2.75) is 6.42 Å². The first kappa shape index (κ1) is 9.20. The van der Waals surface area contributed by atoms with E-state index in [9.17, 15) is 10.1 Å². The van der Waals surface area contributed by atoms with Crippen LogP contribution in [0, 0.1) is 10.1 Å². The van der Waals surface area contributed by atoms with Crippen LogP contribution in [0.25, 0.3) is 0 Å². The highest BCUT2D eigenvalue weighted by atomic mass is 16.7. The minimum absolute atomic E-state index is 0.279. The summed E-state index contributed by atoms with van der Waals surface area (Å²) in [6.45, 7) is 0. The van der Waals surface area contributed by atoms with E-state index >= 15 is 0 Å². The van der Waals surface area contributed by atoms with Crippen LogP contribution in [0.1, 0.15) is 5.82 Å². The SMILES string of the molecule is O=[N+]([O-])n1ccnc1CC=CNO. The topological polar surface area (TPSA) is 93.2 Å². The summed E-state index contributed by atoms with van der Waals surface area (Å²) in [7, 11) is 0. The van der Waals surface area contributed by atoms with Gasteiger partial charge in [-0.15, -0.1) is 0 Å². The molecule has 0 spiro atoms. The van der Waals surface area contributed by atoms with Crippen LogP contribution < -0.4 is 5.48 Å². The molecule has 0 aromatic carbocycles. The van der Waals surface area contributed by atoms with Crippen molar-refractivity contribution in [3.8, 4) is 0 Å². The number of rotatable bonds is 4. The van der Waals surface area contributed by atoms with Crippen molar-refractivity contribution in [2.75, 3.05) is 0 Å². The Morgan fingerprint density at radius 2 is 2.62 bits per heavy atom. The Morgan fingerprint density at radius 1 is 1.85 bits per heavy atom. The van der Waals surface area contributed by atoms with Crippen LogP contribution in [0.2, 0.25) is 0 Å². The molecule has 0 saturated heterocycles. The third kappa shape index (κ3) is 2.27. The van der Waals surface area contributed by atoms with Crippen molar-refractivity contribution in [3.63, 3.8) is 0 Å². The predicted molar refractivity (Wildman–Crippen MR) is 42.4 cm³/mol. The van der Waals surface area contributed by atoms with Crippen LogP contribution in [-0.4, -0.2) is 19.9 Å². The average molecular weight is 184 g/mol. The van der Waals surface area contributed by atoms with Crippen LogP contribution in [0.15, 0.2) is 24.7 Å². The van der Waals surface area contributed by atoms with Crippen LogP contribution >= 0.6 is 0 Å². The Morgan fingerprint density at radius 3 is 3.23 bits per heavy atom. The fourth-order valence-corrected chi connectivity index (χ4v) is 0.840. The summed E-state index contributed by atoms with van der Waals surface area (Å²) in [5, 5.41) is 18.0. The molecule has 1 heterocycles. The highest BCUT2D eigenvalue weighted by molar-refractivity contribution is 4.96. The monoisotopic (exact) mass is 184 g/mol. The van der Waals surface area contributed by atoms with Gasteiger partial charge in [-0.3, -0.25) is 10.7 Å². The Balaban J connectivity index is 2.71. The Kier molecular flexibility index (Phi) is 2.98. The number of aromatic nitrogens is 2. The number of hydrogen-bond donors (Lipinski definition) is 2. The fraction of sp³-hybridized carbons (Fsp3) is 0.167. The third-order valence-corrected chi connectivity index (χ3v) is 1.36. The molecule has 13 heavy (non-hydrogen) atoms. The van der Waals surface area contributed by atoms with E-state index in [-0.39, 0.29) is 6.42 Å². The highest BCUT2D eigenvalue weighted by Gasteiger charge is 2.08. The van der Waals surface area contributed by atoms with Gasteiger partial charge in [0.1, 0.15) is 0 Å². The maximum atomic E-state index is 10.4. The van der Waals surface area contributed by atoms with Crippen molar-refractivity contribution in [3.05, 3.63) is 40.6 Å². The molecule has 70 valence electrons. The summed E-state index contributed by atoms with van der Waals surface area (Å²) in [6, 6.07) is 0. The summed E-state index contributed by atoms with van der Waals surface area (Å²) in [4.78, 5) is 14.1. The van der Waals surface area contributed by atoms with E-state index < -0.39 is 5.03 Å². The lowest BCUT2D eigenvalue weighted by molar-refractivity contribution is -0.543. The molecule has 1 aromatic rings. The van der Waals surface area contributed by atoms with Gasteiger partial charge in [0.15, 0.2) is 10.9 Å². The van der Waals surface area contributed by atoms with E-state index in [1.807, 2.05) is 0 Å². The Hall–Kier alpha value is -1.89. The summed E-state index contributed by atoms with van der Waals surface area (Å²) in [5.41, 5.74) is 1.79. The van der Waals surface area contributed by atoms with Crippen LogP contribution in [-0.2, 0) is 6.42 Å². The van der Waals surface area contributed by atoms with Crippen LogP contribution in [0.4, 0.5) is 0 Å². The van der Waals surface area contributed by atoms with Gasteiger partial charge in [-0.05, 0) is 0 Å². The summed E-state index contributed by atoms with van der Waals surface area (Å²) < 4.78 is 0.821. The number of hydrogen-bond acceptors (Lipinski definition) is 5. The van der Waals surface area contributed by atoms with Crippen molar-refractivity contribution in [1.29, 1.82) is 0 Å². The minimum Gasteiger partial charge on any atom is -0.292 e. The molecule has 1 rings (SSSR count). The van der Waals surface area contributed by atoms with Gasteiger partial charge >= 0.3 is 0 Å². The number of hydroxylamine groups is 1. The largest absolute Gasteiger partial charge is 0.292 e. The summed E-state index contributed by atoms with van der Waals surface area (Å²) >= 11 is 0. The van der Waals surface area contributed by atoms with Gasteiger partial charge < -0.3 is 0 Å². The van der Waals surface area contributed by atoms with Crippen molar-refractivity contribution in [1.82, 2.24) is 15.1 Å². The second kappa shape index (κ2) is 4.21. The number of nitrogens with one attached hydrogen (secondary N) is 1. The van der Waals surface area contributed by atoms with Crippen molar-refractivity contribution < 1.29 is 10.2 Å². The molecule has 0 aliphatic heterocycles. The van der Waals surface area contributed by atoms with Gasteiger partial charge in [0.2, 0.25) is 0 Å². The van der Waals surface area contributed by atoms with Gasteiger partial charge in [0, 0.05) is 12.6 Å². The van der Waals surface area contributed by atoms with E-state index in [4.69, 9.17) is 5.21 Å². The first-order chi connectivity index (χ1) is 6.25. The second-order valence-corrected chi connectivity index (χ2v) is 2.16. The van der Waals surface area contributed by atoms with Gasteiger partial charge in [-0.25, -0.2) is 15.1 Å². The smallest absolute Gasteiger partial charge is 0.179 e. The molecule has 0 fully saturated rings. The minimum atomic E-state index is -0.567. The normalized spacial score (nSPS) is 10.5. The molecule has 0 aliphatic rings. The molecule has 0 bridgehead atoms. The molecular formula is C6H8N4O3. The molecule has 7 nitrogen and oxygen atoms in total. The molecule has 0 radical (unpaired) electrons. The fourth-order valence-electron chi connectivity index (χ4n) is 0.840. The van der Waals surface area contributed by atoms with E-state index in [0.29, 0.717) is 5.82 Å². The summed E-state index contributed by atoms with van der Waals surface area (Å²) in [5.74, 6) is 0.302. The van der Waals surface area contributed by atoms with Gasteiger partial charge in [-0.2, -0.15) is 0 Å². The zero-order valence-corrected chi connectivity index (χ0v) is 6.62. The third-order valence-electron chi connectivity index (χ3n) is 1.36. The highest BCUT2D eigenvalue weighted by Crippen LogP contribution is 1.98. The molecule has 0 amide bonds. The number of nitro groups is 1. The first-order valence-corrected chi connectivity index (χ1v) is 3.47. The predicted octanol–water partition coefficient (Wildman–Crippen LogP) is -0.0421. The van der Waals surface area contributed by atoms with Gasteiger partial charge in [-0.1, -0.05) is 10.8 Å². The number of allylic oxidation sites excluding steroid dienone is 1. The standard InChI is InChI=1S/C6H8N4O3/c11-8-3-1-2-6-7-4-5-9(6)10(12)13/h1,3-5,8,11H,2H2. The van der Waals surface area contributed by atoms with Crippen LogP contribution in [0.5, 0.6) is 0 Å². The van der Waals surface area contributed by atoms with Crippen molar-refractivity contribution >= 4 is 0 Å². The molecule has 1 aromatic heterocycles. The maximum Gasteiger partial charge on any atom is 0.179 e. The molecule has 0 unspecified atom stereocenters. The van der Waals surface area contributed by atoms with Gasteiger partial charge in [0.05, 0.1) is 12.4 Å². The number of imidazole rings is 1. The molecule has 2 N–H and O–H groups in total. The second-order valence-electron chi connectivity index (χ2n) is 2.16. The first-order valence-electron chi connectivity index (χ1n) is 3.47. The molecule has 0 atom stereocenters. The van der Waals surface area contributed by atoms with E-state index in [1.54, 1.807) is 5.48 Å². The van der Waals surface area contributed by atoms with Gasteiger partial charge in [0.25, 0.3) is 0 Å². The Labute approximate surface area is 73.4 Å².